The highest BCUT2D eigenvalue weighted by atomic mass is 35.5. The van der Waals surface area contributed by atoms with Gasteiger partial charge in [-0.1, -0.05) is 18.0 Å². The molecule has 6 heteroatoms. The van der Waals surface area contributed by atoms with Crippen molar-refractivity contribution in [3.8, 4) is 17.0 Å². The Labute approximate surface area is 126 Å². The minimum Gasteiger partial charge on any atom is -0.506 e. The predicted octanol–water partition coefficient (Wildman–Crippen LogP) is 3.40. The summed E-state index contributed by atoms with van der Waals surface area (Å²) in [5, 5.41) is 26.0. The first kappa shape index (κ1) is 13.9. The molecule has 1 aliphatic carbocycles. The number of aromatic hydroxyl groups is 1. The molecule has 21 heavy (non-hydrogen) atoms. The van der Waals surface area contributed by atoms with Crippen LogP contribution < -0.4 is 0 Å². The lowest BCUT2D eigenvalue weighted by Gasteiger charge is -2.13. The molecule has 0 saturated heterocycles. The lowest BCUT2D eigenvalue weighted by atomic mass is 9.97. The van der Waals surface area contributed by atoms with Crippen LogP contribution in [0.3, 0.4) is 0 Å². The summed E-state index contributed by atoms with van der Waals surface area (Å²) < 4.78 is 0. The second kappa shape index (κ2) is 5.41. The molecule has 0 unspecified atom stereocenters. The zero-order chi connectivity index (χ0) is 15.0. The first-order chi connectivity index (χ1) is 10.1. The Kier molecular flexibility index (Phi) is 3.59. The summed E-state index contributed by atoms with van der Waals surface area (Å²) in [6.45, 7) is 0. The van der Waals surface area contributed by atoms with E-state index in [1.165, 1.54) is 6.07 Å². The van der Waals surface area contributed by atoms with Gasteiger partial charge in [-0.2, -0.15) is 5.10 Å². The summed E-state index contributed by atoms with van der Waals surface area (Å²) in [5.74, 6) is -1.12. The average molecular weight is 307 g/mol. The number of hydrogen-bond acceptors (Lipinski definition) is 3. The molecule has 0 fully saturated rings. The van der Waals surface area contributed by atoms with E-state index in [0.29, 0.717) is 16.3 Å². The summed E-state index contributed by atoms with van der Waals surface area (Å²) >= 11 is 6.30. The van der Waals surface area contributed by atoms with E-state index in [4.69, 9.17) is 16.7 Å². The number of aryl methyl sites for hydroxylation is 1. The van der Waals surface area contributed by atoms with Gasteiger partial charge in [-0.25, -0.2) is 4.79 Å². The van der Waals surface area contributed by atoms with Crippen LogP contribution in [0.5, 0.6) is 5.75 Å². The summed E-state index contributed by atoms with van der Waals surface area (Å²) in [6.07, 6.45) is 5.08. The van der Waals surface area contributed by atoms with Crippen LogP contribution in [0.1, 0.15) is 40.9 Å². The van der Waals surface area contributed by atoms with E-state index < -0.39 is 5.97 Å². The number of aromatic carboxylic acids is 1. The normalized spacial score (nSPS) is 14.5. The van der Waals surface area contributed by atoms with E-state index in [2.05, 4.69) is 10.2 Å². The van der Waals surface area contributed by atoms with Crippen LogP contribution in [0.15, 0.2) is 12.1 Å². The number of halogens is 1. The SMILES string of the molecule is O=C(O)c1cc(-c2cc3c(c(Cl)c2O)CCCCC3)n[nH]1. The van der Waals surface area contributed by atoms with Crippen molar-refractivity contribution < 1.29 is 15.0 Å². The molecule has 3 N–H and O–H groups in total. The molecule has 5 nitrogen and oxygen atoms in total. The van der Waals surface area contributed by atoms with Crippen LogP contribution >= 0.6 is 11.6 Å². The Hall–Kier alpha value is -2.01. The number of nitrogens with one attached hydrogen (secondary N) is 1. The molecule has 0 aliphatic heterocycles. The Morgan fingerprint density at radius 2 is 2.00 bits per heavy atom. The van der Waals surface area contributed by atoms with E-state index in [0.717, 1.165) is 43.2 Å². The molecular formula is C15H15ClN2O3. The van der Waals surface area contributed by atoms with E-state index in [1.807, 2.05) is 6.07 Å². The quantitative estimate of drug-likeness (QED) is 0.742. The second-order valence-electron chi connectivity index (χ2n) is 5.26. The number of H-pyrrole nitrogens is 1. The molecule has 0 bridgehead atoms. The van der Waals surface area contributed by atoms with Crippen molar-refractivity contribution >= 4 is 17.6 Å². The average Bonchev–Trinajstić information content (AvgIpc) is 2.83. The zero-order valence-electron chi connectivity index (χ0n) is 11.3. The summed E-state index contributed by atoms with van der Waals surface area (Å²) in [7, 11) is 0. The molecule has 1 aliphatic rings. The molecule has 0 saturated carbocycles. The number of rotatable bonds is 2. The number of carbonyl (C=O) groups is 1. The number of hydrogen-bond donors (Lipinski definition) is 3. The van der Waals surface area contributed by atoms with Crippen LogP contribution in [0.25, 0.3) is 11.3 Å². The number of carboxylic acids is 1. The number of aromatic nitrogens is 2. The van der Waals surface area contributed by atoms with Gasteiger partial charge in [0.1, 0.15) is 11.4 Å². The largest absolute Gasteiger partial charge is 0.506 e. The third-order valence-electron chi connectivity index (χ3n) is 3.89. The molecular weight excluding hydrogens is 292 g/mol. The maximum atomic E-state index is 10.9. The molecule has 0 amide bonds. The highest BCUT2D eigenvalue weighted by Gasteiger charge is 2.20. The zero-order valence-corrected chi connectivity index (χ0v) is 12.1. The van der Waals surface area contributed by atoms with Crippen molar-refractivity contribution in [2.75, 3.05) is 0 Å². The molecule has 0 atom stereocenters. The summed E-state index contributed by atoms with van der Waals surface area (Å²) in [6, 6.07) is 3.28. The number of phenolic OH excluding ortho intramolecular Hbond substituents is 1. The molecule has 1 heterocycles. The van der Waals surface area contributed by atoms with Crippen molar-refractivity contribution in [2.45, 2.75) is 32.1 Å². The molecule has 1 aromatic heterocycles. The second-order valence-corrected chi connectivity index (χ2v) is 5.64. The Morgan fingerprint density at radius 3 is 2.71 bits per heavy atom. The number of benzene rings is 1. The van der Waals surface area contributed by atoms with Crippen molar-refractivity contribution in [1.29, 1.82) is 0 Å². The number of aromatic amines is 1. The van der Waals surface area contributed by atoms with E-state index in [9.17, 15) is 9.90 Å². The van der Waals surface area contributed by atoms with Gasteiger partial charge in [0.25, 0.3) is 0 Å². The lowest BCUT2D eigenvalue weighted by Crippen LogP contribution is -1.95. The van der Waals surface area contributed by atoms with Crippen molar-refractivity contribution in [2.24, 2.45) is 0 Å². The highest BCUT2D eigenvalue weighted by molar-refractivity contribution is 6.33. The van der Waals surface area contributed by atoms with Gasteiger partial charge in [0.2, 0.25) is 0 Å². The first-order valence-corrected chi connectivity index (χ1v) is 7.28. The number of carboxylic acid groups (broad SMARTS) is 1. The van der Waals surface area contributed by atoms with Gasteiger partial charge in [-0.15, -0.1) is 0 Å². The standard InChI is InChI=1S/C15H15ClN2O3/c16-13-9-5-3-1-2-4-8(9)6-10(14(13)19)11-7-12(15(20)21)18-17-11/h6-7,19H,1-5H2,(H,17,18)(H,20,21). The van der Waals surface area contributed by atoms with Gasteiger partial charge in [0.15, 0.2) is 0 Å². The Balaban J connectivity index is 2.12. The van der Waals surface area contributed by atoms with Crippen molar-refractivity contribution in [1.82, 2.24) is 10.2 Å². The third kappa shape index (κ3) is 2.49. The lowest BCUT2D eigenvalue weighted by molar-refractivity contribution is 0.0690. The van der Waals surface area contributed by atoms with Gasteiger partial charge >= 0.3 is 5.97 Å². The highest BCUT2D eigenvalue weighted by Crippen LogP contribution is 2.41. The fourth-order valence-electron chi connectivity index (χ4n) is 2.78. The van der Waals surface area contributed by atoms with E-state index in [-0.39, 0.29) is 11.4 Å². The predicted molar refractivity (Wildman–Crippen MR) is 78.9 cm³/mol. The van der Waals surface area contributed by atoms with Crippen molar-refractivity contribution in [3.05, 3.63) is 34.0 Å². The minimum absolute atomic E-state index is 0.0181. The smallest absolute Gasteiger partial charge is 0.353 e. The Bertz CT molecular complexity index is 709. The van der Waals surface area contributed by atoms with Gasteiger partial charge in [0.05, 0.1) is 10.7 Å². The van der Waals surface area contributed by atoms with Crippen LogP contribution in [-0.2, 0) is 12.8 Å². The fraction of sp³-hybridized carbons (Fsp3) is 0.333. The molecule has 0 spiro atoms. The van der Waals surface area contributed by atoms with Gasteiger partial charge < -0.3 is 10.2 Å². The van der Waals surface area contributed by atoms with Gasteiger partial charge in [-0.3, -0.25) is 5.10 Å². The third-order valence-corrected chi connectivity index (χ3v) is 4.30. The van der Waals surface area contributed by atoms with Gasteiger partial charge in [-0.05, 0) is 48.9 Å². The number of phenols is 1. The van der Waals surface area contributed by atoms with Crippen molar-refractivity contribution in [3.63, 3.8) is 0 Å². The molecule has 110 valence electrons. The number of fused-ring (bicyclic) bond motifs is 1. The van der Waals surface area contributed by atoms with Crippen LogP contribution in [-0.4, -0.2) is 26.4 Å². The van der Waals surface area contributed by atoms with Gasteiger partial charge in [0, 0.05) is 5.56 Å². The maximum Gasteiger partial charge on any atom is 0.353 e. The fourth-order valence-corrected chi connectivity index (χ4v) is 3.10. The topological polar surface area (TPSA) is 86.2 Å². The first-order valence-electron chi connectivity index (χ1n) is 6.90. The summed E-state index contributed by atoms with van der Waals surface area (Å²) in [4.78, 5) is 10.9. The van der Waals surface area contributed by atoms with Crippen LogP contribution in [0, 0.1) is 0 Å². The van der Waals surface area contributed by atoms with E-state index in [1.54, 1.807) is 0 Å². The van der Waals surface area contributed by atoms with Crippen LogP contribution in [0.2, 0.25) is 5.02 Å². The molecule has 1 aromatic carbocycles. The molecule has 2 aromatic rings. The maximum absolute atomic E-state index is 10.9. The molecule has 0 radical (unpaired) electrons. The molecule has 3 rings (SSSR count). The minimum atomic E-state index is -1.09. The monoisotopic (exact) mass is 306 g/mol. The summed E-state index contributed by atoms with van der Waals surface area (Å²) in [5.41, 5.74) is 2.97. The Morgan fingerprint density at radius 1 is 1.24 bits per heavy atom. The van der Waals surface area contributed by atoms with Crippen LogP contribution in [0.4, 0.5) is 0 Å². The van der Waals surface area contributed by atoms with E-state index >= 15 is 0 Å². The number of nitrogens with zero attached hydrogens (tertiary/aromatic N) is 1.